The molecule has 1 aromatic carbocycles. The molecule has 5 nitrogen and oxygen atoms in total. The summed E-state index contributed by atoms with van der Waals surface area (Å²) >= 11 is 4.81. The first kappa shape index (κ1) is 16.1. The number of hydrogen-bond donors (Lipinski definition) is 2. The number of benzene rings is 1. The van der Waals surface area contributed by atoms with Crippen LogP contribution in [0.1, 0.15) is 20.8 Å². The predicted molar refractivity (Wildman–Crippen MR) is 77.4 cm³/mol. The number of carbonyl (C=O) groups excluding carboxylic acids is 1. The molecule has 0 aliphatic carbocycles. The normalized spacial score (nSPS) is 15.6. The van der Waals surface area contributed by atoms with Crippen molar-refractivity contribution in [2.45, 2.75) is 32.9 Å². The van der Waals surface area contributed by atoms with Gasteiger partial charge in [-0.25, -0.2) is 0 Å². The van der Waals surface area contributed by atoms with Crippen LogP contribution in [0.25, 0.3) is 0 Å². The van der Waals surface area contributed by atoms with E-state index in [1.165, 1.54) is 0 Å². The predicted octanol–water partition coefficient (Wildman–Crippen LogP) is 2.21. The van der Waals surface area contributed by atoms with E-state index in [1.807, 2.05) is 13.8 Å². The molecule has 2 atom stereocenters. The Labute approximate surface area is 118 Å². The molecule has 0 heterocycles. The van der Waals surface area contributed by atoms with Crippen LogP contribution in [-0.4, -0.2) is 22.9 Å². The van der Waals surface area contributed by atoms with Gasteiger partial charge in [-0.15, -0.1) is 0 Å². The molecule has 1 unspecified atom stereocenters. The Bertz CT molecular complexity index is 466. The van der Waals surface area contributed by atoms with Crippen molar-refractivity contribution in [2.75, 3.05) is 0 Å². The second-order valence-electron chi connectivity index (χ2n) is 4.33. The first-order valence-electron chi connectivity index (χ1n) is 5.87. The molecule has 0 saturated carbocycles. The summed E-state index contributed by atoms with van der Waals surface area (Å²) in [6, 6.07) is 8.07. The zero-order valence-corrected chi connectivity index (χ0v) is 12.8. The maximum Gasteiger partial charge on any atom is 0.434 e. The number of nitrogens with one attached hydrogen (secondary N) is 1. The van der Waals surface area contributed by atoms with Gasteiger partial charge in [0.2, 0.25) is 0 Å². The number of carbonyl (C=O) groups is 1. The lowest BCUT2D eigenvalue weighted by atomic mass is 10.3. The summed E-state index contributed by atoms with van der Waals surface area (Å²) in [5.74, 6) is -0.263. The van der Waals surface area contributed by atoms with Gasteiger partial charge in [0.15, 0.2) is 0 Å². The van der Waals surface area contributed by atoms with Crippen LogP contribution in [0.3, 0.4) is 0 Å². The Morgan fingerprint density at radius 2 is 1.89 bits per heavy atom. The summed E-state index contributed by atoms with van der Waals surface area (Å²) in [6.07, 6.45) is 0. The average Bonchev–Trinajstić information content (AvgIpc) is 2.27. The smallest absolute Gasteiger partial charge is 0.416 e. The van der Waals surface area contributed by atoms with E-state index in [0.717, 1.165) is 0 Å². The first-order chi connectivity index (χ1) is 8.80. The van der Waals surface area contributed by atoms with Gasteiger partial charge in [-0.05, 0) is 19.1 Å². The van der Waals surface area contributed by atoms with Crippen LogP contribution in [0.5, 0.6) is 5.75 Å². The number of para-hydroxylation sites is 1. The Morgan fingerprint density at radius 3 is 2.42 bits per heavy atom. The third-order valence-electron chi connectivity index (χ3n) is 2.11. The molecule has 0 radical (unpaired) electrons. The van der Waals surface area contributed by atoms with Crippen molar-refractivity contribution < 1.29 is 18.7 Å². The standard InChI is InChI=1S/C12H18NO4PS/c1-9(2)13-10(3)12(14)17-18(15,19)16-11-7-5-4-6-8-11/h4-10,13H,1-3H3,(H,15,19)/t10-,18?/m0/s1. The molecule has 1 aromatic rings. The molecule has 0 aromatic heterocycles. The summed E-state index contributed by atoms with van der Waals surface area (Å²) in [6.45, 7) is 1.82. The van der Waals surface area contributed by atoms with Crippen LogP contribution < -0.4 is 9.84 Å². The highest BCUT2D eigenvalue weighted by Gasteiger charge is 2.26. The third-order valence-corrected chi connectivity index (χ3v) is 3.41. The minimum Gasteiger partial charge on any atom is -0.416 e. The van der Waals surface area contributed by atoms with E-state index in [1.54, 1.807) is 37.3 Å². The SMILES string of the molecule is CC(C)N[C@@H](C)C(=O)OP(O)(=S)Oc1ccccc1. The summed E-state index contributed by atoms with van der Waals surface area (Å²) in [5, 5.41) is 2.96. The average molecular weight is 303 g/mol. The van der Waals surface area contributed by atoms with Crippen LogP contribution >= 0.6 is 6.72 Å². The lowest BCUT2D eigenvalue weighted by Crippen LogP contribution is -2.39. The second-order valence-corrected chi connectivity index (χ2v) is 7.01. The fraction of sp³-hybridized carbons (Fsp3) is 0.417. The Balaban J connectivity index is 2.59. The molecule has 106 valence electrons. The molecule has 0 amide bonds. The molecule has 0 spiro atoms. The van der Waals surface area contributed by atoms with E-state index < -0.39 is 18.7 Å². The fourth-order valence-electron chi connectivity index (χ4n) is 1.39. The molecule has 19 heavy (non-hydrogen) atoms. The minimum atomic E-state index is -3.62. The van der Waals surface area contributed by atoms with Crippen LogP contribution in [0.4, 0.5) is 0 Å². The molecule has 1 rings (SSSR count). The monoisotopic (exact) mass is 303 g/mol. The topological polar surface area (TPSA) is 67.8 Å². The van der Waals surface area contributed by atoms with E-state index in [-0.39, 0.29) is 6.04 Å². The van der Waals surface area contributed by atoms with Gasteiger partial charge in [0.1, 0.15) is 11.8 Å². The van der Waals surface area contributed by atoms with Crippen molar-refractivity contribution >= 4 is 24.5 Å². The van der Waals surface area contributed by atoms with E-state index in [4.69, 9.17) is 20.9 Å². The van der Waals surface area contributed by atoms with Crippen molar-refractivity contribution in [1.82, 2.24) is 5.32 Å². The van der Waals surface area contributed by atoms with E-state index >= 15 is 0 Å². The largest absolute Gasteiger partial charge is 0.434 e. The highest BCUT2D eigenvalue weighted by molar-refractivity contribution is 8.07. The zero-order chi connectivity index (χ0) is 14.5. The molecular weight excluding hydrogens is 285 g/mol. The summed E-state index contributed by atoms with van der Waals surface area (Å²) in [5.41, 5.74) is 0. The van der Waals surface area contributed by atoms with Crippen molar-refractivity contribution in [3.8, 4) is 5.75 Å². The van der Waals surface area contributed by atoms with E-state index in [9.17, 15) is 9.69 Å². The molecule has 0 aliphatic heterocycles. The maximum absolute atomic E-state index is 11.7. The molecule has 0 aliphatic rings. The molecule has 2 N–H and O–H groups in total. The van der Waals surface area contributed by atoms with Crippen LogP contribution in [0.15, 0.2) is 30.3 Å². The number of hydrogen-bond acceptors (Lipinski definition) is 5. The minimum absolute atomic E-state index is 0.120. The summed E-state index contributed by atoms with van der Waals surface area (Å²) in [4.78, 5) is 21.6. The molecule has 0 saturated heterocycles. The van der Waals surface area contributed by atoms with Crippen molar-refractivity contribution in [1.29, 1.82) is 0 Å². The van der Waals surface area contributed by atoms with Gasteiger partial charge in [0.05, 0.1) is 0 Å². The lowest BCUT2D eigenvalue weighted by Gasteiger charge is -2.20. The van der Waals surface area contributed by atoms with Crippen molar-refractivity contribution in [2.24, 2.45) is 0 Å². The van der Waals surface area contributed by atoms with Gasteiger partial charge in [0, 0.05) is 17.8 Å². The van der Waals surface area contributed by atoms with Gasteiger partial charge in [-0.3, -0.25) is 4.79 Å². The Hall–Kier alpha value is -0.940. The molecule has 0 fully saturated rings. The summed E-state index contributed by atoms with van der Waals surface area (Å²) < 4.78 is 10.0. The second kappa shape index (κ2) is 7.01. The Morgan fingerprint density at radius 1 is 1.32 bits per heavy atom. The van der Waals surface area contributed by atoms with Gasteiger partial charge < -0.3 is 19.3 Å². The van der Waals surface area contributed by atoms with Crippen molar-refractivity contribution in [3.63, 3.8) is 0 Å². The highest BCUT2D eigenvalue weighted by atomic mass is 32.5. The van der Waals surface area contributed by atoms with Crippen LogP contribution in [-0.2, 0) is 21.1 Å². The third kappa shape index (κ3) is 6.16. The van der Waals surface area contributed by atoms with Gasteiger partial charge >= 0.3 is 12.7 Å². The van der Waals surface area contributed by atoms with Gasteiger partial charge in [0.25, 0.3) is 0 Å². The first-order valence-corrected chi connectivity index (χ1v) is 8.46. The van der Waals surface area contributed by atoms with E-state index in [0.29, 0.717) is 5.75 Å². The molecular formula is C12H18NO4PS. The quantitative estimate of drug-likeness (QED) is 0.785. The summed E-state index contributed by atoms with van der Waals surface area (Å²) in [7, 11) is 0. The molecule has 7 heteroatoms. The van der Waals surface area contributed by atoms with Crippen LogP contribution in [0, 0.1) is 0 Å². The zero-order valence-electron chi connectivity index (χ0n) is 11.1. The van der Waals surface area contributed by atoms with Crippen LogP contribution in [0.2, 0.25) is 0 Å². The maximum atomic E-state index is 11.7. The lowest BCUT2D eigenvalue weighted by molar-refractivity contribution is -0.136. The molecule has 0 bridgehead atoms. The van der Waals surface area contributed by atoms with Gasteiger partial charge in [-0.2, -0.15) is 0 Å². The number of rotatable bonds is 6. The van der Waals surface area contributed by atoms with Gasteiger partial charge in [-0.1, -0.05) is 32.0 Å². The fourth-order valence-corrected chi connectivity index (χ4v) is 2.68. The van der Waals surface area contributed by atoms with Crippen molar-refractivity contribution in [3.05, 3.63) is 30.3 Å². The van der Waals surface area contributed by atoms with E-state index in [2.05, 4.69) is 5.32 Å². The Kier molecular flexibility index (Phi) is 5.94. The highest BCUT2D eigenvalue weighted by Crippen LogP contribution is 2.44.